The zero-order chi connectivity index (χ0) is 17.1. The summed E-state index contributed by atoms with van der Waals surface area (Å²) < 4.78 is 11.1. The Kier molecular flexibility index (Phi) is 5.01. The second-order valence-electron chi connectivity index (χ2n) is 6.12. The first kappa shape index (κ1) is 16.7. The van der Waals surface area contributed by atoms with E-state index in [9.17, 15) is 4.79 Å². The number of fused-ring (bicyclic) bond motifs is 1. The number of rotatable bonds is 5. The van der Waals surface area contributed by atoms with Gasteiger partial charge < -0.3 is 20.5 Å². The molecular formula is C17H21N3O3S. The Morgan fingerprint density at radius 1 is 1.33 bits per heavy atom. The molecule has 0 spiro atoms. The summed E-state index contributed by atoms with van der Waals surface area (Å²) in [6.07, 6.45) is 0.645. The van der Waals surface area contributed by atoms with Gasteiger partial charge >= 0.3 is 0 Å². The van der Waals surface area contributed by atoms with E-state index in [4.69, 9.17) is 15.2 Å². The van der Waals surface area contributed by atoms with Crippen LogP contribution in [-0.4, -0.2) is 30.1 Å². The van der Waals surface area contributed by atoms with E-state index in [1.54, 1.807) is 0 Å². The van der Waals surface area contributed by atoms with Crippen LogP contribution in [0.1, 0.15) is 20.3 Å². The summed E-state index contributed by atoms with van der Waals surface area (Å²) in [7, 11) is 0. The van der Waals surface area contributed by atoms with Crippen LogP contribution < -0.4 is 20.5 Å². The molecule has 1 aromatic heterocycles. The van der Waals surface area contributed by atoms with Gasteiger partial charge in [-0.25, -0.2) is 4.98 Å². The van der Waals surface area contributed by atoms with Crippen LogP contribution in [0.15, 0.2) is 23.6 Å². The monoisotopic (exact) mass is 347 g/mol. The highest BCUT2D eigenvalue weighted by molar-refractivity contribution is 7.14. The summed E-state index contributed by atoms with van der Waals surface area (Å²) in [6, 6.07) is 5.19. The van der Waals surface area contributed by atoms with E-state index < -0.39 is 6.04 Å². The van der Waals surface area contributed by atoms with E-state index in [1.807, 2.05) is 37.4 Å². The van der Waals surface area contributed by atoms with E-state index in [-0.39, 0.29) is 5.91 Å². The molecule has 128 valence electrons. The standard InChI is InChI=1S/C17H21N3O3S/c1-10(2)7-12(18)16(21)20-17-19-13(9-24-17)11-3-4-14-15(8-11)23-6-5-22-14/h3-4,8-10,12H,5-7,18H2,1-2H3,(H,19,20,21)/t12-/m0/s1. The van der Waals surface area contributed by atoms with Gasteiger partial charge in [0.1, 0.15) is 13.2 Å². The molecule has 3 rings (SSSR count). The topological polar surface area (TPSA) is 86.5 Å². The summed E-state index contributed by atoms with van der Waals surface area (Å²) in [6.45, 7) is 5.19. The lowest BCUT2D eigenvalue weighted by molar-refractivity contribution is -0.117. The molecule has 0 fully saturated rings. The van der Waals surface area contributed by atoms with Gasteiger partial charge in [-0.15, -0.1) is 11.3 Å². The van der Waals surface area contributed by atoms with Crippen molar-refractivity contribution in [3.8, 4) is 22.8 Å². The average molecular weight is 347 g/mol. The number of nitrogens with one attached hydrogen (secondary N) is 1. The van der Waals surface area contributed by atoms with Gasteiger partial charge in [-0.1, -0.05) is 13.8 Å². The number of nitrogens with two attached hydrogens (primary N) is 1. The van der Waals surface area contributed by atoms with Crippen molar-refractivity contribution >= 4 is 22.4 Å². The number of ether oxygens (including phenoxy) is 2. The highest BCUT2D eigenvalue weighted by atomic mass is 32.1. The Balaban J connectivity index is 1.70. The molecule has 1 atom stereocenters. The molecule has 0 unspecified atom stereocenters. The normalized spacial score (nSPS) is 14.5. The summed E-state index contributed by atoms with van der Waals surface area (Å²) in [5.74, 6) is 1.63. The van der Waals surface area contributed by atoms with Gasteiger partial charge in [0.2, 0.25) is 5.91 Å². The zero-order valence-corrected chi connectivity index (χ0v) is 14.6. The number of thiazole rings is 1. The Morgan fingerprint density at radius 2 is 2.08 bits per heavy atom. The highest BCUT2D eigenvalue weighted by Crippen LogP contribution is 2.35. The number of carbonyl (C=O) groups excluding carboxylic acids is 1. The van der Waals surface area contributed by atoms with Crippen LogP contribution in [0.2, 0.25) is 0 Å². The lowest BCUT2D eigenvalue weighted by atomic mass is 10.0. The lowest BCUT2D eigenvalue weighted by Crippen LogP contribution is -2.36. The molecule has 3 N–H and O–H groups in total. The summed E-state index contributed by atoms with van der Waals surface area (Å²) >= 11 is 1.38. The maximum atomic E-state index is 12.1. The van der Waals surface area contributed by atoms with Crippen molar-refractivity contribution < 1.29 is 14.3 Å². The molecule has 1 aliphatic rings. The lowest BCUT2D eigenvalue weighted by Gasteiger charge is -2.18. The van der Waals surface area contributed by atoms with Crippen LogP contribution in [0.3, 0.4) is 0 Å². The molecule has 0 saturated carbocycles. The summed E-state index contributed by atoms with van der Waals surface area (Å²) in [4.78, 5) is 16.5. The third-order valence-corrected chi connectivity index (χ3v) is 4.39. The number of hydrogen-bond donors (Lipinski definition) is 2. The fraction of sp³-hybridized carbons (Fsp3) is 0.412. The van der Waals surface area contributed by atoms with Gasteiger partial charge in [-0.05, 0) is 30.5 Å². The van der Waals surface area contributed by atoms with Crippen LogP contribution >= 0.6 is 11.3 Å². The van der Waals surface area contributed by atoms with Crippen LogP contribution in [0.5, 0.6) is 11.5 Å². The molecule has 7 heteroatoms. The number of amides is 1. The molecule has 0 saturated heterocycles. The van der Waals surface area contributed by atoms with Crippen molar-refractivity contribution in [3.63, 3.8) is 0 Å². The van der Waals surface area contributed by atoms with Crippen LogP contribution in [0.4, 0.5) is 5.13 Å². The van der Waals surface area contributed by atoms with Gasteiger partial charge in [0, 0.05) is 10.9 Å². The van der Waals surface area contributed by atoms with Crippen molar-refractivity contribution in [3.05, 3.63) is 23.6 Å². The molecule has 0 aliphatic carbocycles. The van der Waals surface area contributed by atoms with Crippen LogP contribution in [0.25, 0.3) is 11.3 Å². The van der Waals surface area contributed by atoms with Crippen LogP contribution in [-0.2, 0) is 4.79 Å². The quantitative estimate of drug-likeness (QED) is 0.868. The van der Waals surface area contributed by atoms with Crippen molar-refractivity contribution in [1.82, 2.24) is 4.98 Å². The van der Waals surface area contributed by atoms with Gasteiger partial charge in [-0.3, -0.25) is 4.79 Å². The number of carbonyl (C=O) groups is 1. The first-order valence-electron chi connectivity index (χ1n) is 7.95. The number of benzene rings is 1. The van der Waals surface area contributed by atoms with Crippen molar-refractivity contribution in [2.45, 2.75) is 26.3 Å². The largest absolute Gasteiger partial charge is 0.486 e. The third-order valence-electron chi connectivity index (χ3n) is 3.63. The van der Waals surface area contributed by atoms with Crippen molar-refractivity contribution in [1.29, 1.82) is 0 Å². The predicted octanol–water partition coefficient (Wildman–Crippen LogP) is 2.89. The first-order valence-corrected chi connectivity index (χ1v) is 8.83. The minimum atomic E-state index is -0.522. The zero-order valence-electron chi connectivity index (χ0n) is 13.7. The molecule has 24 heavy (non-hydrogen) atoms. The minimum Gasteiger partial charge on any atom is -0.486 e. The maximum absolute atomic E-state index is 12.1. The van der Waals surface area contributed by atoms with Gasteiger partial charge in [-0.2, -0.15) is 0 Å². The fourth-order valence-corrected chi connectivity index (χ4v) is 3.20. The number of nitrogens with zero attached hydrogens (tertiary/aromatic N) is 1. The summed E-state index contributed by atoms with van der Waals surface area (Å²) in [5, 5.41) is 5.23. The average Bonchev–Trinajstić information content (AvgIpc) is 3.02. The van der Waals surface area contributed by atoms with Gasteiger partial charge in [0.05, 0.1) is 11.7 Å². The molecule has 6 nitrogen and oxygen atoms in total. The number of aromatic nitrogens is 1. The SMILES string of the molecule is CC(C)C[C@H](N)C(=O)Nc1nc(-c2ccc3c(c2)OCCO3)cs1. The van der Waals surface area contributed by atoms with Gasteiger partial charge in [0.25, 0.3) is 0 Å². The Hall–Kier alpha value is -2.12. The fourth-order valence-electron chi connectivity index (χ4n) is 2.48. The van der Waals surface area contributed by atoms with E-state index in [0.717, 1.165) is 22.8 Å². The minimum absolute atomic E-state index is 0.202. The van der Waals surface area contributed by atoms with Gasteiger partial charge in [0.15, 0.2) is 16.6 Å². The predicted molar refractivity (Wildman–Crippen MR) is 94.6 cm³/mol. The second kappa shape index (κ2) is 7.19. The molecular weight excluding hydrogens is 326 g/mol. The van der Waals surface area contributed by atoms with E-state index in [0.29, 0.717) is 30.7 Å². The molecule has 0 radical (unpaired) electrons. The van der Waals surface area contributed by atoms with E-state index in [2.05, 4.69) is 10.3 Å². The van der Waals surface area contributed by atoms with Crippen molar-refractivity contribution in [2.75, 3.05) is 18.5 Å². The van der Waals surface area contributed by atoms with E-state index >= 15 is 0 Å². The molecule has 1 aromatic carbocycles. The van der Waals surface area contributed by atoms with Crippen LogP contribution in [0, 0.1) is 5.92 Å². The number of anilines is 1. The molecule has 2 heterocycles. The first-order chi connectivity index (χ1) is 11.5. The van der Waals surface area contributed by atoms with Crippen molar-refractivity contribution in [2.24, 2.45) is 11.7 Å². The smallest absolute Gasteiger partial charge is 0.243 e. The maximum Gasteiger partial charge on any atom is 0.243 e. The molecule has 0 bridgehead atoms. The molecule has 1 amide bonds. The Labute approximate surface area is 145 Å². The molecule has 1 aliphatic heterocycles. The highest BCUT2D eigenvalue weighted by Gasteiger charge is 2.17. The Bertz CT molecular complexity index is 730. The second-order valence-corrected chi connectivity index (χ2v) is 6.98. The Morgan fingerprint density at radius 3 is 2.83 bits per heavy atom. The van der Waals surface area contributed by atoms with E-state index in [1.165, 1.54) is 11.3 Å². The molecule has 2 aromatic rings. The third kappa shape index (κ3) is 3.85. The number of hydrogen-bond acceptors (Lipinski definition) is 6. The summed E-state index contributed by atoms with van der Waals surface area (Å²) in [5.41, 5.74) is 7.60.